The maximum atomic E-state index is 12.2. The highest BCUT2D eigenvalue weighted by Gasteiger charge is 2.50. The van der Waals surface area contributed by atoms with Crippen LogP contribution in [0.15, 0.2) is 40.8 Å². The minimum atomic E-state index is -1.88. The minimum Gasteiger partial charge on any atom is -0.442 e. The number of pyridine rings is 1. The lowest BCUT2D eigenvalue weighted by molar-refractivity contribution is -0.152. The summed E-state index contributed by atoms with van der Waals surface area (Å²) < 4.78 is 5.27. The molecule has 3 aromatic heterocycles. The third-order valence-electron chi connectivity index (χ3n) is 7.60. The molecule has 1 spiro atoms. The number of ketones is 1. The lowest BCUT2D eigenvalue weighted by Crippen LogP contribution is -2.48. The fraction of sp³-hybridized carbons (Fsp3) is 0.462. The Morgan fingerprint density at radius 1 is 1.22 bits per heavy atom. The third-order valence-corrected chi connectivity index (χ3v) is 9.33. The van der Waals surface area contributed by atoms with Gasteiger partial charge in [-0.1, -0.05) is 41.9 Å². The average molecular weight is 622 g/mol. The van der Waals surface area contributed by atoms with Crippen molar-refractivity contribution in [1.29, 1.82) is 0 Å². The summed E-state index contributed by atoms with van der Waals surface area (Å²) in [5.41, 5.74) is 6.33. The average Bonchev–Trinajstić information content (AvgIpc) is 3.16. The number of aromatic nitrogens is 5. The smallest absolute Gasteiger partial charge is 0.240 e. The molecule has 0 radical (unpaired) electrons. The molecule has 1 aliphatic heterocycles. The Balaban J connectivity index is 1.24. The summed E-state index contributed by atoms with van der Waals surface area (Å²) >= 11 is 14.0. The van der Waals surface area contributed by atoms with Gasteiger partial charge in [0.2, 0.25) is 17.6 Å². The maximum absolute atomic E-state index is 12.2. The predicted molar refractivity (Wildman–Crippen MR) is 155 cm³/mol. The van der Waals surface area contributed by atoms with Crippen molar-refractivity contribution in [3.63, 3.8) is 0 Å². The first-order chi connectivity index (χ1) is 19.5. The van der Waals surface area contributed by atoms with Gasteiger partial charge in [-0.3, -0.25) is 4.79 Å². The van der Waals surface area contributed by atoms with Crippen LogP contribution in [0.25, 0.3) is 0 Å². The van der Waals surface area contributed by atoms with Gasteiger partial charge in [0.15, 0.2) is 5.82 Å². The van der Waals surface area contributed by atoms with Crippen LogP contribution < -0.4 is 20.7 Å². The quantitative estimate of drug-likeness (QED) is 0.270. The van der Waals surface area contributed by atoms with Gasteiger partial charge >= 0.3 is 0 Å². The van der Waals surface area contributed by atoms with Gasteiger partial charge < -0.3 is 30.9 Å². The summed E-state index contributed by atoms with van der Waals surface area (Å²) in [7, 11) is 0. The Hall–Kier alpha value is -2.81. The number of nitrogens with zero attached hydrogens (tertiary/aromatic N) is 6. The number of rotatable bonds is 8. The Kier molecular flexibility index (Phi) is 8.56. The SMILES string of the molecule is C[C@@H]1C(=O)CC2(CCN(c3cnc(Sc4ccnc(Nc5ncc(Cl)c(OC(C)(O)CO)n5)c4Cl)cn3)CC2)[C@H]1N. The number of nitrogens with two attached hydrogens (primary N) is 1. The molecule has 0 bridgehead atoms. The minimum absolute atomic E-state index is 0.0468. The van der Waals surface area contributed by atoms with Crippen LogP contribution in [-0.2, 0) is 4.79 Å². The number of halogens is 2. The van der Waals surface area contributed by atoms with E-state index in [0.29, 0.717) is 21.4 Å². The van der Waals surface area contributed by atoms with Gasteiger partial charge in [-0.05, 0) is 24.3 Å². The van der Waals surface area contributed by atoms with Gasteiger partial charge in [-0.25, -0.2) is 19.9 Å². The monoisotopic (exact) mass is 620 g/mol. The molecule has 4 heterocycles. The number of carbonyl (C=O) groups excluding carboxylic acids is 1. The molecule has 3 atom stereocenters. The van der Waals surface area contributed by atoms with E-state index in [0.717, 1.165) is 31.7 Å². The number of hydrogen-bond acceptors (Lipinski definition) is 13. The Morgan fingerprint density at radius 3 is 2.61 bits per heavy atom. The van der Waals surface area contributed by atoms with Crippen LogP contribution in [0.5, 0.6) is 5.88 Å². The topological polar surface area (TPSA) is 173 Å². The third kappa shape index (κ3) is 6.35. The fourth-order valence-corrected chi connectivity index (χ4v) is 6.26. The molecule has 2 fully saturated rings. The zero-order valence-electron chi connectivity index (χ0n) is 22.4. The van der Waals surface area contributed by atoms with E-state index in [9.17, 15) is 15.0 Å². The zero-order valence-corrected chi connectivity index (χ0v) is 24.7. The second-order valence-corrected chi connectivity index (χ2v) is 12.3. The molecular weight excluding hydrogens is 591 g/mol. The van der Waals surface area contributed by atoms with Crippen LogP contribution in [-0.4, -0.2) is 72.4 Å². The van der Waals surface area contributed by atoms with Crippen molar-refractivity contribution >= 4 is 58.3 Å². The van der Waals surface area contributed by atoms with Crippen molar-refractivity contribution in [2.45, 2.75) is 54.9 Å². The number of aliphatic hydroxyl groups is 2. The largest absolute Gasteiger partial charge is 0.442 e. The van der Waals surface area contributed by atoms with E-state index in [-0.39, 0.29) is 45.8 Å². The Labute approximate surface area is 251 Å². The number of hydrogen-bond donors (Lipinski definition) is 4. The van der Waals surface area contributed by atoms with Crippen LogP contribution in [0.3, 0.4) is 0 Å². The summed E-state index contributed by atoms with van der Waals surface area (Å²) in [4.78, 5) is 36.8. The second-order valence-electron chi connectivity index (χ2n) is 10.5. The first-order valence-electron chi connectivity index (χ1n) is 13.0. The van der Waals surface area contributed by atoms with Gasteiger partial charge in [0.1, 0.15) is 28.3 Å². The summed E-state index contributed by atoms with van der Waals surface area (Å²) in [5.74, 6) is -0.685. The van der Waals surface area contributed by atoms with Crippen molar-refractivity contribution in [3.05, 3.63) is 40.9 Å². The van der Waals surface area contributed by atoms with E-state index in [1.807, 2.05) is 6.92 Å². The highest BCUT2D eigenvalue weighted by molar-refractivity contribution is 7.99. The van der Waals surface area contributed by atoms with Crippen LogP contribution in [0.2, 0.25) is 10.0 Å². The second kappa shape index (κ2) is 11.8. The zero-order chi connectivity index (χ0) is 29.4. The molecule has 1 saturated heterocycles. The van der Waals surface area contributed by atoms with Gasteiger partial charge in [0.25, 0.3) is 0 Å². The van der Waals surface area contributed by atoms with Gasteiger partial charge in [-0.2, -0.15) is 4.98 Å². The first kappa shape index (κ1) is 29.7. The number of anilines is 3. The number of aliphatic hydroxyl groups excluding tert-OH is 1. The number of nitrogens with one attached hydrogen (secondary N) is 1. The van der Waals surface area contributed by atoms with Crippen molar-refractivity contribution in [3.8, 4) is 5.88 Å². The Bertz CT molecular complexity index is 1420. The molecule has 1 unspecified atom stereocenters. The summed E-state index contributed by atoms with van der Waals surface area (Å²) in [5, 5.41) is 23.2. The van der Waals surface area contributed by atoms with E-state index in [2.05, 4.69) is 35.1 Å². The molecule has 218 valence electrons. The fourth-order valence-electron chi connectivity index (χ4n) is 5.11. The molecular formula is C26H30Cl2N8O4S. The van der Waals surface area contributed by atoms with Crippen LogP contribution in [0.1, 0.15) is 33.1 Å². The van der Waals surface area contributed by atoms with Crippen molar-refractivity contribution in [2.75, 3.05) is 29.9 Å². The molecule has 41 heavy (non-hydrogen) atoms. The lowest BCUT2D eigenvalue weighted by Gasteiger charge is -2.42. The molecule has 15 heteroatoms. The van der Waals surface area contributed by atoms with Gasteiger partial charge in [0, 0.05) is 49.5 Å². The summed E-state index contributed by atoms with van der Waals surface area (Å²) in [6.45, 7) is 4.09. The molecule has 2 aliphatic rings. The maximum Gasteiger partial charge on any atom is 0.240 e. The highest BCUT2D eigenvalue weighted by Crippen LogP contribution is 2.46. The van der Waals surface area contributed by atoms with Gasteiger partial charge in [-0.15, -0.1) is 0 Å². The molecule has 1 saturated carbocycles. The first-order valence-corrected chi connectivity index (χ1v) is 14.6. The molecule has 3 aromatic rings. The summed E-state index contributed by atoms with van der Waals surface area (Å²) in [6.07, 6.45) is 8.58. The molecule has 12 nitrogen and oxygen atoms in total. The van der Waals surface area contributed by atoms with E-state index < -0.39 is 12.4 Å². The molecule has 5 rings (SSSR count). The van der Waals surface area contributed by atoms with E-state index in [4.69, 9.17) is 33.7 Å². The van der Waals surface area contributed by atoms with E-state index >= 15 is 0 Å². The normalized spacial score (nSPS) is 21.6. The summed E-state index contributed by atoms with van der Waals surface area (Å²) in [6, 6.07) is 1.66. The number of ether oxygens (including phenoxy) is 1. The van der Waals surface area contributed by atoms with Crippen LogP contribution in [0.4, 0.5) is 17.6 Å². The van der Waals surface area contributed by atoms with E-state index in [1.54, 1.807) is 24.7 Å². The van der Waals surface area contributed by atoms with Gasteiger partial charge in [0.05, 0.1) is 23.6 Å². The van der Waals surface area contributed by atoms with Crippen molar-refractivity contribution < 1.29 is 19.7 Å². The highest BCUT2D eigenvalue weighted by atomic mass is 35.5. The number of piperidine rings is 1. The predicted octanol–water partition coefficient (Wildman–Crippen LogP) is 3.47. The molecule has 0 amide bonds. The molecule has 0 aromatic carbocycles. The number of carbonyl (C=O) groups is 1. The van der Waals surface area contributed by atoms with Crippen molar-refractivity contribution in [2.24, 2.45) is 17.1 Å². The van der Waals surface area contributed by atoms with E-state index in [1.165, 1.54) is 24.9 Å². The number of Topliss-reactive ketones (excluding diaryl/α,β-unsaturated/α-hetero) is 1. The molecule has 1 aliphatic carbocycles. The Morgan fingerprint density at radius 2 is 1.98 bits per heavy atom. The van der Waals surface area contributed by atoms with Crippen molar-refractivity contribution in [1.82, 2.24) is 24.9 Å². The molecule has 5 N–H and O–H groups in total. The van der Waals surface area contributed by atoms with Crippen LogP contribution >= 0.6 is 35.0 Å². The standard InChI is InChI=1S/C26H30Cl2N8O4S/c1-14-16(38)9-26(21(14)29)4-7-36(8-5-26)18-11-32-19(12-31-18)41-17-3-6-30-22(20(17)28)34-24-33-10-15(27)23(35-24)40-25(2,39)13-37/h3,6,10-12,14,21,37,39H,4-5,7-9,13,29H2,1-2H3,(H,30,33,34,35)/t14-,21+,25?/m1/s1. The van der Waals surface area contributed by atoms with Crippen LogP contribution in [0, 0.1) is 11.3 Å². The lowest BCUT2D eigenvalue weighted by atomic mass is 9.73.